The molecule has 0 saturated carbocycles. The lowest BCUT2D eigenvalue weighted by molar-refractivity contribution is 1.45. The van der Waals surface area contributed by atoms with E-state index in [9.17, 15) is 10.5 Å². The molecule has 0 radical (unpaired) electrons. The summed E-state index contributed by atoms with van der Waals surface area (Å²) in [6.07, 6.45) is 0. The zero-order chi connectivity index (χ0) is 28.2. The fourth-order valence-electron chi connectivity index (χ4n) is 6.17. The summed E-state index contributed by atoms with van der Waals surface area (Å²) >= 11 is 3.57. The van der Waals surface area contributed by atoms with Crippen molar-refractivity contribution in [3.63, 3.8) is 0 Å². The van der Waals surface area contributed by atoms with Crippen LogP contribution in [0.1, 0.15) is 11.1 Å². The maximum absolute atomic E-state index is 10.7. The Bertz CT molecular complexity index is 2450. The monoisotopic (exact) mass is 568 g/mol. The summed E-state index contributed by atoms with van der Waals surface area (Å²) in [5.41, 5.74) is 6.72. The first-order valence-electron chi connectivity index (χ1n) is 13.6. The normalized spacial score (nSPS) is 11.3. The molecule has 4 heteroatoms. The number of benzene rings is 6. The molecule has 2 aromatic heterocycles. The molecule has 0 aliphatic heterocycles. The number of nitrogens with zero attached hydrogens (tertiary/aromatic N) is 2. The van der Waals surface area contributed by atoms with Crippen LogP contribution in [0, 0.1) is 22.7 Å². The number of thiophene rings is 2. The van der Waals surface area contributed by atoms with Crippen LogP contribution in [-0.2, 0) is 0 Å². The Morgan fingerprint density at radius 3 is 1.57 bits per heavy atom. The van der Waals surface area contributed by atoms with Crippen LogP contribution in [0.5, 0.6) is 0 Å². The maximum Gasteiger partial charge on any atom is 0.100 e. The van der Waals surface area contributed by atoms with Gasteiger partial charge in [0, 0.05) is 57.0 Å². The van der Waals surface area contributed by atoms with Gasteiger partial charge in [-0.3, -0.25) is 0 Å². The van der Waals surface area contributed by atoms with E-state index in [0.29, 0.717) is 11.1 Å². The Balaban J connectivity index is 1.53. The van der Waals surface area contributed by atoms with Crippen LogP contribution in [-0.4, -0.2) is 0 Å². The maximum atomic E-state index is 10.7. The van der Waals surface area contributed by atoms with Crippen molar-refractivity contribution in [1.29, 1.82) is 10.5 Å². The zero-order valence-corrected chi connectivity index (χ0v) is 23.9. The van der Waals surface area contributed by atoms with E-state index in [2.05, 4.69) is 109 Å². The standard InChI is InChI=1S/C38H20N2S2/c39-21-23-9-1-2-10-25(23)30-19-24(26-13-7-17-35-37(26)28-11-3-5-15-33(28)41-35)20-31(32(30)22-40)27-14-8-18-36-38(27)29-12-4-6-16-34(29)42-36/h1-20H. The van der Waals surface area contributed by atoms with Gasteiger partial charge in [0.25, 0.3) is 0 Å². The minimum Gasteiger partial charge on any atom is -0.192 e. The molecule has 0 atom stereocenters. The van der Waals surface area contributed by atoms with Crippen molar-refractivity contribution in [2.45, 2.75) is 0 Å². The Labute approximate surface area is 250 Å². The summed E-state index contributed by atoms with van der Waals surface area (Å²) in [5, 5.41) is 25.6. The van der Waals surface area contributed by atoms with Gasteiger partial charge in [0.15, 0.2) is 0 Å². The summed E-state index contributed by atoms with van der Waals surface area (Å²) in [5.74, 6) is 0. The van der Waals surface area contributed by atoms with Crippen LogP contribution in [0.25, 0.3) is 73.7 Å². The summed E-state index contributed by atoms with van der Waals surface area (Å²) in [4.78, 5) is 0. The van der Waals surface area contributed by atoms with E-state index in [1.54, 1.807) is 22.7 Å². The van der Waals surface area contributed by atoms with E-state index in [1.165, 1.54) is 35.0 Å². The minimum atomic E-state index is 0.551. The SMILES string of the molecule is N#Cc1ccccc1-c1cc(-c2cccc3sc4ccccc4c23)cc(-c2cccc3sc4ccccc4c23)c1C#N. The smallest absolute Gasteiger partial charge is 0.100 e. The van der Waals surface area contributed by atoms with E-state index >= 15 is 0 Å². The van der Waals surface area contributed by atoms with Gasteiger partial charge in [-0.05, 0) is 59.2 Å². The van der Waals surface area contributed by atoms with Crippen LogP contribution in [0.2, 0.25) is 0 Å². The van der Waals surface area contributed by atoms with Crippen LogP contribution in [0.4, 0.5) is 0 Å². The Hall–Kier alpha value is -5.26. The predicted octanol–water partition coefficient (Wildman–Crippen LogP) is 11.2. The fraction of sp³-hybridized carbons (Fsp3) is 0. The lowest BCUT2D eigenvalue weighted by atomic mass is 9.85. The Kier molecular flexibility index (Phi) is 5.66. The third-order valence-electron chi connectivity index (χ3n) is 7.99. The number of nitriles is 2. The molecule has 8 rings (SSSR count). The Morgan fingerprint density at radius 1 is 0.429 bits per heavy atom. The van der Waals surface area contributed by atoms with Gasteiger partial charge in [0.05, 0.1) is 17.2 Å². The predicted molar refractivity (Wildman–Crippen MR) is 178 cm³/mol. The van der Waals surface area contributed by atoms with Crippen molar-refractivity contribution in [3.8, 4) is 45.5 Å². The quantitative estimate of drug-likeness (QED) is 0.213. The first-order chi connectivity index (χ1) is 20.7. The summed E-state index contributed by atoms with van der Waals surface area (Å²) < 4.78 is 4.88. The molecule has 2 heterocycles. The van der Waals surface area contributed by atoms with Crippen molar-refractivity contribution >= 4 is 63.0 Å². The zero-order valence-electron chi connectivity index (χ0n) is 22.3. The van der Waals surface area contributed by atoms with Gasteiger partial charge in [-0.2, -0.15) is 10.5 Å². The van der Waals surface area contributed by atoms with Crippen molar-refractivity contribution in [3.05, 3.63) is 132 Å². The second kappa shape index (κ2) is 9.68. The van der Waals surface area contributed by atoms with Gasteiger partial charge in [-0.1, -0.05) is 78.9 Å². The molecule has 0 aliphatic rings. The van der Waals surface area contributed by atoms with Crippen molar-refractivity contribution in [2.24, 2.45) is 0 Å². The lowest BCUT2D eigenvalue weighted by Gasteiger charge is -2.16. The molecule has 0 saturated heterocycles. The van der Waals surface area contributed by atoms with Gasteiger partial charge in [-0.25, -0.2) is 0 Å². The number of hydrogen-bond acceptors (Lipinski definition) is 4. The summed E-state index contributed by atoms with van der Waals surface area (Å²) in [6.45, 7) is 0. The van der Waals surface area contributed by atoms with Crippen LogP contribution < -0.4 is 0 Å². The number of hydrogen-bond donors (Lipinski definition) is 0. The van der Waals surface area contributed by atoms with Gasteiger partial charge >= 0.3 is 0 Å². The molecule has 0 spiro atoms. The van der Waals surface area contributed by atoms with Crippen LogP contribution >= 0.6 is 22.7 Å². The molecule has 42 heavy (non-hydrogen) atoms. The highest BCUT2D eigenvalue weighted by molar-refractivity contribution is 7.26. The molecule has 6 aromatic carbocycles. The van der Waals surface area contributed by atoms with Crippen molar-refractivity contribution < 1.29 is 0 Å². The van der Waals surface area contributed by atoms with Gasteiger partial charge in [0.2, 0.25) is 0 Å². The molecule has 0 unspecified atom stereocenters. The molecule has 0 fully saturated rings. The molecule has 8 aromatic rings. The highest BCUT2D eigenvalue weighted by Gasteiger charge is 2.21. The third-order valence-corrected chi connectivity index (χ3v) is 10.3. The Morgan fingerprint density at radius 2 is 0.929 bits per heavy atom. The minimum absolute atomic E-state index is 0.551. The number of rotatable bonds is 3. The van der Waals surface area contributed by atoms with E-state index in [-0.39, 0.29) is 0 Å². The average molecular weight is 569 g/mol. The first-order valence-corrected chi connectivity index (χ1v) is 15.3. The summed E-state index contributed by atoms with van der Waals surface area (Å²) in [6, 6.07) is 46.6. The lowest BCUT2D eigenvalue weighted by Crippen LogP contribution is -1.95. The van der Waals surface area contributed by atoms with Crippen LogP contribution in [0.3, 0.4) is 0 Å². The molecular weight excluding hydrogens is 549 g/mol. The average Bonchev–Trinajstić information content (AvgIpc) is 3.62. The van der Waals surface area contributed by atoms with E-state index in [4.69, 9.17) is 0 Å². The molecular formula is C38H20N2S2. The molecule has 2 nitrogen and oxygen atoms in total. The molecule has 0 amide bonds. The highest BCUT2D eigenvalue weighted by atomic mass is 32.1. The fourth-order valence-corrected chi connectivity index (χ4v) is 8.44. The van der Waals surface area contributed by atoms with Crippen molar-refractivity contribution in [2.75, 3.05) is 0 Å². The second-order valence-electron chi connectivity index (χ2n) is 10.3. The van der Waals surface area contributed by atoms with Crippen LogP contribution in [0.15, 0.2) is 121 Å². The molecule has 0 N–H and O–H groups in total. The van der Waals surface area contributed by atoms with E-state index in [0.717, 1.165) is 38.8 Å². The molecule has 194 valence electrons. The van der Waals surface area contributed by atoms with Gasteiger partial charge < -0.3 is 0 Å². The third kappa shape index (κ3) is 3.67. The van der Waals surface area contributed by atoms with Crippen molar-refractivity contribution in [1.82, 2.24) is 0 Å². The highest BCUT2D eigenvalue weighted by Crippen LogP contribution is 2.46. The van der Waals surface area contributed by atoms with Gasteiger partial charge in [0.1, 0.15) is 6.07 Å². The second-order valence-corrected chi connectivity index (χ2v) is 12.4. The van der Waals surface area contributed by atoms with Gasteiger partial charge in [-0.15, -0.1) is 22.7 Å². The summed E-state index contributed by atoms with van der Waals surface area (Å²) in [7, 11) is 0. The first kappa shape index (κ1) is 24.5. The van der Waals surface area contributed by atoms with E-state index in [1.807, 2.05) is 24.3 Å². The molecule has 0 bridgehead atoms. The topological polar surface area (TPSA) is 47.6 Å². The molecule has 0 aliphatic carbocycles. The van der Waals surface area contributed by atoms with E-state index < -0.39 is 0 Å². The number of fused-ring (bicyclic) bond motifs is 6. The largest absolute Gasteiger partial charge is 0.192 e.